The largest absolute Gasteiger partial charge is 0.348 e. The van der Waals surface area contributed by atoms with Crippen LogP contribution in [0.5, 0.6) is 0 Å². The molecule has 1 atom stereocenters. The lowest BCUT2D eigenvalue weighted by molar-refractivity contribution is -0.134. The van der Waals surface area contributed by atoms with Crippen molar-refractivity contribution in [2.24, 2.45) is 0 Å². The molecule has 1 unspecified atom stereocenters. The fourth-order valence-corrected chi connectivity index (χ4v) is 4.02. The molecule has 0 fully saturated rings. The molecular formula is C24H24FN3O2. The van der Waals surface area contributed by atoms with Crippen LogP contribution in [0.15, 0.2) is 72.9 Å². The molecule has 2 heterocycles. The van der Waals surface area contributed by atoms with Crippen LogP contribution in [0.2, 0.25) is 0 Å². The van der Waals surface area contributed by atoms with E-state index in [1.54, 1.807) is 19.1 Å². The first-order valence-electron chi connectivity index (χ1n) is 10.1. The number of carbonyl (C=O) groups is 2. The number of amides is 2. The fraction of sp³-hybridized carbons (Fsp3) is 0.250. The van der Waals surface area contributed by atoms with Crippen LogP contribution in [0.1, 0.15) is 34.6 Å². The van der Waals surface area contributed by atoms with Gasteiger partial charge in [-0.2, -0.15) is 0 Å². The van der Waals surface area contributed by atoms with Crippen molar-refractivity contribution in [2.45, 2.75) is 19.5 Å². The van der Waals surface area contributed by atoms with E-state index in [0.29, 0.717) is 19.6 Å². The minimum Gasteiger partial charge on any atom is -0.348 e. The molecule has 2 amide bonds. The molecule has 1 aliphatic rings. The molecule has 0 bridgehead atoms. The van der Waals surface area contributed by atoms with E-state index in [2.05, 4.69) is 4.57 Å². The van der Waals surface area contributed by atoms with E-state index in [4.69, 9.17) is 0 Å². The van der Waals surface area contributed by atoms with Crippen LogP contribution in [0.4, 0.5) is 4.39 Å². The summed E-state index contributed by atoms with van der Waals surface area (Å²) >= 11 is 0. The Labute approximate surface area is 175 Å². The molecule has 0 N–H and O–H groups in total. The molecule has 154 valence electrons. The van der Waals surface area contributed by atoms with Gasteiger partial charge in [-0.25, -0.2) is 4.39 Å². The van der Waals surface area contributed by atoms with Crippen molar-refractivity contribution in [3.05, 3.63) is 95.6 Å². The zero-order valence-electron chi connectivity index (χ0n) is 16.9. The lowest BCUT2D eigenvalue weighted by atomic mass is 10.00. The zero-order valence-corrected chi connectivity index (χ0v) is 16.9. The van der Waals surface area contributed by atoms with Gasteiger partial charge in [0.1, 0.15) is 12.4 Å². The number of hydrogen-bond donors (Lipinski definition) is 0. The number of carbonyl (C=O) groups excluding carboxylic acids is 2. The van der Waals surface area contributed by atoms with Crippen molar-refractivity contribution in [3.8, 4) is 0 Å². The number of halogens is 1. The quantitative estimate of drug-likeness (QED) is 0.650. The van der Waals surface area contributed by atoms with Gasteiger partial charge in [0.15, 0.2) is 0 Å². The topological polar surface area (TPSA) is 45.6 Å². The van der Waals surface area contributed by atoms with E-state index >= 15 is 0 Å². The summed E-state index contributed by atoms with van der Waals surface area (Å²) in [6.45, 7) is 3.27. The van der Waals surface area contributed by atoms with Crippen molar-refractivity contribution in [1.82, 2.24) is 14.4 Å². The van der Waals surface area contributed by atoms with Gasteiger partial charge < -0.3 is 14.4 Å². The maximum atomic E-state index is 14.1. The maximum absolute atomic E-state index is 14.1. The molecule has 0 radical (unpaired) electrons. The standard InChI is InChI=1S/C24H24FN3O2/c1-2-26(24(30)19-11-6-7-12-20(19)25)17-22(29)28-16-15-27-14-8-13-21(27)23(28)18-9-4-3-5-10-18/h3-14,23H,2,15-17H2,1H3. The van der Waals surface area contributed by atoms with Crippen molar-refractivity contribution in [1.29, 1.82) is 0 Å². The summed E-state index contributed by atoms with van der Waals surface area (Å²) in [7, 11) is 0. The summed E-state index contributed by atoms with van der Waals surface area (Å²) < 4.78 is 16.3. The summed E-state index contributed by atoms with van der Waals surface area (Å²) in [4.78, 5) is 29.4. The SMILES string of the molecule is CCN(CC(=O)N1CCn2cccc2C1c1ccccc1)C(=O)c1ccccc1F. The Morgan fingerprint density at radius 1 is 1.00 bits per heavy atom. The number of benzene rings is 2. The number of likely N-dealkylation sites (N-methyl/N-ethyl adjacent to an activating group) is 1. The molecule has 0 aliphatic carbocycles. The van der Waals surface area contributed by atoms with Crippen LogP contribution in [-0.2, 0) is 11.3 Å². The Morgan fingerprint density at radius 3 is 2.47 bits per heavy atom. The molecule has 0 spiro atoms. The summed E-state index contributed by atoms with van der Waals surface area (Å²) in [5.41, 5.74) is 2.05. The van der Waals surface area contributed by atoms with Gasteiger partial charge in [0, 0.05) is 31.5 Å². The molecule has 0 saturated carbocycles. The van der Waals surface area contributed by atoms with Crippen LogP contribution in [0, 0.1) is 5.82 Å². The van der Waals surface area contributed by atoms with E-state index in [0.717, 1.165) is 11.3 Å². The third-order valence-electron chi connectivity index (χ3n) is 5.57. The van der Waals surface area contributed by atoms with Crippen LogP contribution in [-0.4, -0.2) is 45.8 Å². The molecule has 1 aromatic heterocycles. The van der Waals surface area contributed by atoms with Gasteiger partial charge in [0.25, 0.3) is 5.91 Å². The first kappa shape index (κ1) is 19.9. The van der Waals surface area contributed by atoms with E-state index in [1.165, 1.54) is 17.0 Å². The highest BCUT2D eigenvalue weighted by molar-refractivity contribution is 5.96. The fourth-order valence-electron chi connectivity index (χ4n) is 4.02. The maximum Gasteiger partial charge on any atom is 0.257 e. The predicted octanol–water partition coefficient (Wildman–Crippen LogP) is 3.72. The second-order valence-corrected chi connectivity index (χ2v) is 7.33. The van der Waals surface area contributed by atoms with Crippen molar-refractivity contribution in [3.63, 3.8) is 0 Å². The predicted molar refractivity (Wildman–Crippen MR) is 112 cm³/mol. The average molecular weight is 405 g/mol. The number of hydrogen-bond acceptors (Lipinski definition) is 2. The first-order valence-corrected chi connectivity index (χ1v) is 10.1. The lowest BCUT2D eigenvalue weighted by Gasteiger charge is -2.38. The Morgan fingerprint density at radius 2 is 1.73 bits per heavy atom. The molecule has 1 aliphatic heterocycles. The zero-order chi connectivity index (χ0) is 21.1. The van der Waals surface area contributed by atoms with Gasteiger partial charge in [-0.3, -0.25) is 9.59 Å². The van der Waals surface area contributed by atoms with E-state index in [1.807, 2.05) is 53.6 Å². The summed E-state index contributed by atoms with van der Waals surface area (Å²) in [6.07, 6.45) is 2.02. The van der Waals surface area contributed by atoms with Crippen molar-refractivity contribution >= 4 is 11.8 Å². The highest BCUT2D eigenvalue weighted by Gasteiger charge is 2.33. The molecule has 6 heteroatoms. The van der Waals surface area contributed by atoms with E-state index in [-0.39, 0.29) is 24.1 Å². The third-order valence-corrected chi connectivity index (χ3v) is 5.57. The normalized spacial score (nSPS) is 15.5. The Balaban J connectivity index is 1.60. The first-order chi connectivity index (χ1) is 14.6. The van der Waals surface area contributed by atoms with Gasteiger partial charge in [-0.1, -0.05) is 42.5 Å². The van der Waals surface area contributed by atoms with Crippen LogP contribution < -0.4 is 0 Å². The van der Waals surface area contributed by atoms with Crippen LogP contribution in [0.25, 0.3) is 0 Å². The highest BCUT2D eigenvalue weighted by atomic mass is 19.1. The van der Waals surface area contributed by atoms with Crippen molar-refractivity contribution in [2.75, 3.05) is 19.6 Å². The number of aromatic nitrogens is 1. The van der Waals surface area contributed by atoms with Gasteiger partial charge in [-0.15, -0.1) is 0 Å². The molecule has 4 rings (SSSR count). The molecule has 5 nitrogen and oxygen atoms in total. The minimum atomic E-state index is -0.577. The Kier molecular flexibility index (Phi) is 5.65. The van der Waals surface area contributed by atoms with Crippen LogP contribution in [0.3, 0.4) is 0 Å². The number of fused-ring (bicyclic) bond motifs is 1. The smallest absolute Gasteiger partial charge is 0.257 e. The molecular weight excluding hydrogens is 381 g/mol. The van der Waals surface area contributed by atoms with Gasteiger partial charge in [-0.05, 0) is 36.8 Å². The highest BCUT2D eigenvalue weighted by Crippen LogP contribution is 2.32. The third kappa shape index (κ3) is 3.73. The average Bonchev–Trinajstić information content (AvgIpc) is 3.26. The second-order valence-electron chi connectivity index (χ2n) is 7.33. The molecule has 30 heavy (non-hydrogen) atoms. The van der Waals surface area contributed by atoms with Crippen LogP contribution >= 0.6 is 0 Å². The summed E-state index contributed by atoms with van der Waals surface area (Å²) in [5.74, 6) is -1.20. The monoisotopic (exact) mass is 405 g/mol. The minimum absolute atomic E-state index is 0.0146. The lowest BCUT2D eigenvalue weighted by Crippen LogP contribution is -2.48. The van der Waals surface area contributed by atoms with Crippen molar-refractivity contribution < 1.29 is 14.0 Å². The Bertz CT molecular complexity index is 1050. The summed E-state index contributed by atoms with van der Waals surface area (Å²) in [6, 6.07) is 19.5. The number of rotatable bonds is 5. The molecule has 2 aromatic carbocycles. The summed E-state index contributed by atoms with van der Waals surface area (Å²) in [5, 5.41) is 0. The van der Waals surface area contributed by atoms with Gasteiger partial charge in [0.2, 0.25) is 5.91 Å². The Hall–Kier alpha value is -3.41. The molecule has 3 aromatic rings. The second kappa shape index (κ2) is 8.53. The molecule has 0 saturated heterocycles. The van der Waals surface area contributed by atoms with E-state index in [9.17, 15) is 14.0 Å². The van der Waals surface area contributed by atoms with E-state index < -0.39 is 11.7 Å². The number of nitrogens with zero attached hydrogens (tertiary/aromatic N) is 3. The van der Waals surface area contributed by atoms with Gasteiger partial charge in [0.05, 0.1) is 11.6 Å². The van der Waals surface area contributed by atoms with Gasteiger partial charge >= 0.3 is 0 Å².